The Morgan fingerprint density at radius 3 is 2.56 bits per heavy atom. The van der Waals surface area contributed by atoms with Crippen molar-refractivity contribution in [2.45, 2.75) is 44.9 Å². The van der Waals surface area contributed by atoms with Crippen LogP contribution in [-0.4, -0.2) is 32.3 Å². The quantitative estimate of drug-likeness (QED) is 0.224. The van der Waals surface area contributed by atoms with Gasteiger partial charge >= 0.3 is 0 Å². The van der Waals surface area contributed by atoms with E-state index in [0.717, 1.165) is 14.8 Å². The van der Waals surface area contributed by atoms with Crippen molar-refractivity contribution < 1.29 is 9.59 Å². The smallest absolute Gasteiger partial charge is 0.251 e. The van der Waals surface area contributed by atoms with Gasteiger partial charge in [-0.1, -0.05) is 48.8 Å². The van der Waals surface area contributed by atoms with E-state index in [1.165, 1.54) is 17.8 Å². The molecule has 11 heteroatoms. The molecule has 34 heavy (non-hydrogen) atoms. The van der Waals surface area contributed by atoms with Gasteiger partial charge in [-0.3, -0.25) is 9.59 Å². The van der Waals surface area contributed by atoms with Gasteiger partial charge in [-0.15, -0.1) is 10.2 Å². The number of benzene rings is 2. The molecule has 0 fully saturated rings. The lowest BCUT2D eigenvalue weighted by Gasteiger charge is -2.14. The predicted molar refractivity (Wildman–Crippen MR) is 146 cm³/mol. The molecule has 0 aliphatic rings. The van der Waals surface area contributed by atoms with Crippen LogP contribution in [0.5, 0.6) is 0 Å². The fourth-order valence-corrected chi connectivity index (χ4v) is 4.85. The average Bonchev–Trinajstić information content (AvgIpc) is 3.20. The number of hydrogen-bond donors (Lipinski definition) is 2. The summed E-state index contributed by atoms with van der Waals surface area (Å²) < 4.78 is 3.00. The second-order valence-electron chi connectivity index (χ2n) is 7.68. The molecule has 1 heterocycles. The molecule has 180 valence electrons. The van der Waals surface area contributed by atoms with Gasteiger partial charge in [0.25, 0.3) is 5.91 Å². The Kier molecular flexibility index (Phi) is 9.64. The summed E-state index contributed by atoms with van der Waals surface area (Å²) >= 11 is 15.5. The Morgan fingerprint density at radius 1 is 1.12 bits per heavy atom. The average molecular weight is 632 g/mol. The standard InChI is InChI=1S/C23H24Cl2IN5O2S/c1-4-31-20(11-27-22(33)14-5-7-17(24)18(25)9-14)29-30-23(31)34-12-21(32)28-19-8-6-15(26)10-16(19)13(2)3/h5-10,13H,4,11-12H2,1-3H3,(H,27,33)(H,28,32). The summed E-state index contributed by atoms with van der Waals surface area (Å²) in [5.74, 6) is 0.669. The highest BCUT2D eigenvalue weighted by molar-refractivity contribution is 14.1. The molecule has 7 nitrogen and oxygen atoms in total. The molecule has 0 radical (unpaired) electrons. The van der Waals surface area contributed by atoms with Crippen LogP contribution in [0.3, 0.4) is 0 Å². The summed E-state index contributed by atoms with van der Waals surface area (Å²) in [6, 6.07) is 10.7. The third kappa shape index (κ3) is 6.87. The summed E-state index contributed by atoms with van der Waals surface area (Å²) in [4.78, 5) is 25.1. The molecular weight excluding hydrogens is 608 g/mol. The highest BCUT2D eigenvalue weighted by Gasteiger charge is 2.16. The number of carbonyl (C=O) groups is 2. The highest BCUT2D eigenvalue weighted by Crippen LogP contribution is 2.27. The van der Waals surface area contributed by atoms with Gasteiger partial charge in [0.2, 0.25) is 5.91 Å². The van der Waals surface area contributed by atoms with E-state index < -0.39 is 0 Å². The van der Waals surface area contributed by atoms with Crippen molar-refractivity contribution in [1.82, 2.24) is 20.1 Å². The maximum Gasteiger partial charge on any atom is 0.251 e. The first-order chi connectivity index (χ1) is 16.2. The van der Waals surface area contributed by atoms with Crippen LogP contribution < -0.4 is 10.6 Å². The number of amides is 2. The minimum Gasteiger partial charge on any atom is -0.345 e. The van der Waals surface area contributed by atoms with Gasteiger partial charge in [-0.2, -0.15) is 0 Å². The lowest BCUT2D eigenvalue weighted by atomic mass is 10.0. The molecule has 0 saturated heterocycles. The molecule has 2 aromatic carbocycles. The van der Waals surface area contributed by atoms with Gasteiger partial charge in [0.1, 0.15) is 0 Å². The molecule has 3 aromatic rings. The fourth-order valence-electron chi connectivity index (χ4n) is 3.21. The Labute approximate surface area is 226 Å². The van der Waals surface area contributed by atoms with Crippen LogP contribution in [0.1, 0.15) is 48.4 Å². The van der Waals surface area contributed by atoms with Crippen molar-refractivity contribution in [3.8, 4) is 0 Å². The van der Waals surface area contributed by atoms with Gasteiger partial charge < -0.3 is 15.2 Å². The SMILES string of the molecule is CCn1c(CNC(=O)c2ccc(Cl)c(Cl)c2)nnc1SCC(=O)Nc1ccc(I)cc1C(C)C. The Balaban J connectivity index is 1.60. The zero-order valence-corrected chi connectivity index (χ0v) is 23.3. The molecule has 0 unspecified atom stereocenters. The van der Waals surface area contributed by atoms with Gasteiger partial charge in [0, 0.05) is 21.4 Å². The number of rotatable bonds is 9. The largest absolute Gasteiger partial charge is 0.345 e. The molecule has 1 aromatic heterocycles. The first-order valence-electron chi connectivity index (χ1n) is 10.6. The van der Waals surface area contributed by atoms with Gasteiger partial charge in [-0.25, -0.2) is 0 Å². The van der Waals surface area contributed by atoms with Crippen molar-refractivity contribution in [3.05, 3.63) is 67.0 Å². The number of hydrogen-bond acceptors (Lipinski definition) is 5. The van der Waals surface area contributed by atoms with E-state index in [2.05, 4.69) is 63.3 Å². The second-order valence-corrected chi connectivity index (χ2v) is 10.7. The van der Waals surface area contributed by atoms with Gasteiger partial charge in [0.15, 0.2) is 11.0 Å². The van der Waals surface area contributed by atoms with Crippen LogP contribution >= 0.6 is 57.6 Å². The zero-order chi connectivity index (χ0) is 24.8. The number of nitrogens with one attached hydrogen (secondary N) is 2. The third-order valence-corrected chi connectivity index (χ3v) is 7.32. The van der Waals surface area contributed by atoms with Crippen molar-refractivity contribution in [3.63, 3.8) is 0 Å². The van der Waals surface area contributed by atoms with Crippen LogP contribution in [-0.2, 0) is 17.9 Å². The van der Waals surface area contributed by atoms with E-state index in [1.54, 1.807) is 12.1 Å². The first kappa shape index (κ1) is 26.8. The predicted octanol–water partition coefficient (Wildman–Crippen LogP) is 5.99. The molecule has 3 rings (SSSR count). The number of carbonyl (C=O) groups excluding carboxylic acids is 2. The number of anilines is 1. The Hall–Kier alpha value is -1.82. The summed E-state index contributed by atoms with van der Waals surface area (Å²) in [6.07, 6.45) is 0. The monoisotopic (exact) mass is 631 g/mol. The van der Waals surface area contributed by atoms with E-state index in [1.807, 2.05) is 23.6 Å². The second kappa shape index (κ2) is 12.2. The van der Waals surface area contributed by atoms with Gasteiger partial charge in [0.05, 0.1) is 22.3 Å². The number of nitrogens with zero attached hydrogens (tertiary/aromatic N) is 3. The van der Waals surface area contributed by atoms with E-state index in [4.69, 9.17) is 23.2 Å². The molecule has 0 bridgehead atoms. The molecule has 0 aliphatic carbocycles. The minimum atomic E-state index is -0.295. The minimum absolute atomic E-state index is 0.117. The van der Waals surface area contributed by atoms with Crippen molar-refractivity contribution in [2.75, 3.05) is 11.1 Å². The summed E-state index contributed by atoms with van der Waals surface area (Å²) in [7, 11) is 0. The lowest BCUT2D eigenvalue weighted by molar-refractivity contribution is -0.113. The fraction of sp³-hybridized carbons (Fsp3) is 0.304. The molecule has 0 aliphatic heterocycles. The molecule has 0 saturated carbocycles. The summed E-state index contributed by atoms with van der Waals surface area (Å²) in [6.45, 7) is 6.94. The van der Waals surface area contributed by atoms with Crippen molar-refractivity contribution >= 4 is 75.1 Å². The summed E-state index contributed by atoms with van der Waals surface area (Å²) in [5.41, 5.74) is 2.32. The van der Waals surface area contributed by atoms with Crippen molar-refractivity contribution in [2.24, 2.45) is 0 Å². The third-order valence-electron chi connectivity index (χ3n) is 4.94. The van der Waals surface area contributed by atoms with E-state index in [9.17, 15) is 9.59 Å². The van der Waals surface area contributed by atoms with Crippen LogP contribution in [0.4, 0.5) is 5.69 Å². The molecule has 2 N–H and O–H groups in total. The van der Waals surface area contributed by atoms with E-state index in [-0.39, 0.29) is 24.1 Å². The Morgan fingerprint density at radius 2 is 1.88 bits per heavy atom. The van der Waals surface area contributed by atoms with Crippen LogP contribution in [0.25, 0.3) is 0 Å². The zero-order valence-electron chi connectivity index (χ0n) is 18.9. The molecular formula is C23H24Cl2IN5O2S. The van der Waals surface area contributed by atoms with Crippen LogP contribution in [0.2, 0.25) is 10.0 Å². The number of halogens is 3. The van der Waals surface area contributed by atoms with Crippen LogP contribution in [0.15, 0.2) is 41.6 Å². The molecule has 0 atom stereocenters. The first-order valence-corrected chi connectivity index (χ1v) is 13.4. The number of aromatic nitrogens is 3. The van der Waals surface area contributed by atoms with E-state index >= 15 is 0 Å². The molecule has 0 spiro atoms. The lowest BCUT2D eigenvalue weighted by Crippen LogP contribution is -2.24. The van der Waals surface area contributed by atoms with Crippen LogP contribution in [0, 0.1) is 3.57 Å². The van der Waals surface area contributed by atoms with E-state index in [0.29, 0.717) is 39.1 Å². The Bertz CT molecular complexity index is 1200. The maximum absolute atomic E-state index is 12.6. The topological polar surface area (TPSA) is 88.9 Å². The van der Waals surface area contributed by atoms with Crippen molar-refractivity contribution in [1.29, 1.82) is 0 Å². The van der Waals surface area contributed by atoms with Gasteiger partial charge in [-0.05, 0) is 77.4 Å². The normalized spacial score (nSPS) is 11.0. The maximum atomic E-state index is 12.6. The summed E-state index contributed by atoms with van der Waals surface area (Å²) in [5, 5.41) is 15.5. The number of thioether (sulfide) groups is 1. The highest BCUT2D eigenvalue weighted by atomic mass is 127. The molecule has 2 amide bonds.